The maximum absolute atomic E-state index is 10.8. The molecule has 0 aliphatic carbocycles. The molecular formula is C12H15NO4. The minimum absolute atomic E-state index is 0.101. The summed E-state index contributed by atoms with van der Waals surface area (Å²) in [6, 6.07) is 4.65. The summed E-state index contributed by atoms with van der Waals surface area (Å²) in [5, 5.41) is 8.84. The molecule has 0 spiro atoms. The van der Waals surface area contributed by atoms with Gasteiger partial charge in [-0.3, -0.25) is 0 Å². The summed E-state index contributed by atoms with van der Waals surface area (Å²) in [6.07, 6.45) is 1.82. The van der Waals surface area contributed by atoms with Crippen molar-refractivity contribution < 1.29 is 19.4 Å². The van der Waals surface area contributed by atoms with Crippen LogP contribution < -0.4 is 10.5 Å². The quantitative estimate of drug-likeness (QED) is 0.779. The average molecular weight is 237 g/mol. The Kier molecular flexibility index (Phi) is 3.49. The highest BCUT2D eigenvalue weighted by molar-refractivity contribution is 5.93. The molecule has 1 aromatic carbocycles. The molecule has 1 heterocycles. The second-order valence-electron chi connectivity index (χ2n) is 3.98. The summed E-state index contributed by atoms with van der Waals surface area (Å²) in [5.41, 5.74) is 5.97. The fourth-order valence-corrected chi connectivity index (χ4v) is 1.80. The lowest BCUT2D eigenvalue weighted by molar-refractivity contribution is 0.0256. The molecule has 1 fully saturated rings. The molecule has 2 rings (SSSR count). The molecule has 0 radical (unpaired) electrons. The van der Waals surface area contributed by atoms with E-state index in [1.807, 2.05) is 0 Å². The molecule has 0 atom stereocenters. The van der Waals surface area contributed by atoms with Gasteiger partial charge >= 0.3 is 5.97 Å². The number of nitrogen functional groups attached to an aromatic ring is 1. The van der Waals surface area contributed by atoms with Crippen LogP contribution in [0.25, 0.3) is 0 Å². The molecule has 0 aromatic heterocycles. The van der Waals surface area contributed by atoms with E-state index in [1.54, 1.807) is 12.1 Å². The first-order valence-electron chi connectivity index (χ1n) is 5.54. The monoisotopic (exact) mass is 237 g/mol. The topological polar surface area (TPSA) is 81.8 Å². The molecule has 1 aliphatic heterocycles. The third-order valence-electron chi connectivity index (χ3n) is 2.72. The SMILES string of the molecule is Nc1cc(OC2CCOCC2)ccc1C(=O)O. The average Bonchev–Trinajstić information content (AvgIpc) is 2.30. The largest absolute Gasteiger partial charge is 0.490 e. The maximum atomic E-state index is 10.8. The Morgan fingerprint density at radius 1 is 1.41 bits per heavy atom. The van der Waals surface area contributed by atoms with Crippen molar-refractivity contribution in [2.45, 2.75) is 18.9 Å². The van der Waals surface area contributed by atoms with Crippen LogP contribution in [0.3, 0.4) is 0 Å². The Balaban J connectivity index is 2.06. The van der Waals surface area contributed by atoms with Crippen LogP contribution in [0.2, 0.25) is 0 Å². The molecule has 0 amide bonds. The predicted octanol–water partition coefficient (Wildman–Crippen LogP) is 1.52. The van der Waals surface area contributed by atoms with Crippen molar-refractivity contribution >= 4 is 11.7 Å². The van der Waals surface area contributed by atoms with E-state index in [4.69, 9.17) is 20.3 Å². The van der Waals surface area contributed by atoms with Crippen LogP contribution in [0.15, 0.2) is 18.2 Å². The van der Waals surface area contributed by atoms with E-state index in [1.165, 1.54) is 6.07 Å². The third kappa shape index (κ3) is 2.88. The van der Waals surface area contributed by atoms with Crippen molar-refractivity contribution in [3.63, 3.8) is 0 Å². The van der Waals surface area contributed by atoms with Crippen LogP contribution in [0.1, 0.15) is 23.2 Å². The summed E-state index contributed by atoms with van der Waals surface area (Å²) in [7, 11) is 0. The lowest BCUT2D eigenvalue weighted by Gasteiger charge is -2.23. The van der Waals surface area contributed by atoms with Crippen molar-refractivity contribution in [1.82, 2.24) is 0 Å². The number of carboxylic acids is 1. The smallest absolute Gasteiger partial charge is 0.337 e. The first kappa shape index (κ1) is 11.7. The first-order valence-corrected chi connectivity index (χ1v) is 5.54. The Bertz CT molecular complexity index is 413. The number of anilines is 1. The van der Waals surface area contributed by atoms with E-state index in [-0.39, 0.29) is 17.4 Å². The van der Waals surface area contributed by atoms with E-state index in [0.717, 1.165) is 12.8 Å². The fraction of sp³-hybridized carbons (Fsp3) is 0.417. The van der Waals surface area contributed by atoms with Gasteiger partial charge in [0, 0.05) is 24.6 Å². The molecule has 5 heteroatoms. The highest BCUT2D eigenvalue weighted by atomic mass is 16.5. The Hall–Kier alpha value is -1.75. The minimum atomic E-state index is -1.03. The van der Waals surface area contributed by atoms with Gasteiger partial charge in [0.15, 0.2) is 0 Å². The Morgan fingerprint density at radius 3 is 2.71 bits per heavy atom. The number of nitrogens with two attached hydrogens (primary N) is 1. The van der Waals surface area contributed by atoms with Gasteiger partial charge in [-0.2, -0.15) is 0 Å². The maximum Gasteiger partial charge on any atom is 0.337 e. The van der Waals surface area contributed by atoms with Gasteiger partial charge in [0.05, 0.1) is 18.8 Å². The third-order valence-corrected chi connectivity index (χ3v) is 2.72. The Morgan fingerprint density at radius 2 is 2.12 bits per heavy atom. The molecule has 5 nitrogen and oxygen atoms in total. The van der Waals surface area contributed by atoms with Crippen LogP contribution in [-0.4, -0.2) is 30.4 Å². The number of rotatable bonds is 3. The molecule has 0 unspecified atom stereocenters. The predicted molar refractivity (Wildman–Crippen MR) is 62.3 cm³/mol. The van der Waals surface area contributed by atoms with Gasteiger partial charge in [0.1, 0.15) is 11.9 Å². The molecule has 92 valence electrons. The number of hydrogen-bond donors (Lipinski definition) is 2. The summed E-state index contributed by atoms with van der Waals surface area (Å²) in [5.74, 6) is -0.417. The normalized spacial score (nSPS) is 16.7. The Labute approximate surface area is 99.1 Å². The van der Waals surface area contributed by atoms with Gasteiger partial charge in [-0.1, -0.05) is 0 Å². The molecule has 0 bridgehead atoms. The van der Waals surface area contributed by atoms with Gasteiger partial charge < -0.3 is 20.3 Å². The lowest BCUT2D eigenvalue weighted by Crippen LogP contribution is -2.25. The first-order chi connectivity index (χ1) is 8.16. The second-order valence-corrected chi connectivity index (χ2v) is 3.98. The lowest BCUT2D eigenvalue weighted by atomic mass is 10.1. The van der Waals surface area contributed by atoms with E-state index in [9.17, 15) is 4.79 Å². The fourth-order valence-electron chi connectivity index (χ4n) is 1.80. The highest BCUT2D eigenvalue weighted by Gasteiger charge is 2.16. The molecule has 0 saturated carbocycles. The van der Waals surface area contributed by atoms with Crippen molar-refractivity contribution in [1.29, 1.82) is 0 Å². The van der Waals surface area contributed by atoms with Crippen LogP contribution in [0, 0.1) is 0 Å². The van der Waals surface area contributed by atoms with Crippen molar-refractivity contribution in [3.05, 3.63) is 23.8 Å². The molecular weight excluding hydrogens is 222 g/mol. The van der Waals surface area contributed by atoms with Gasteiger partial charge in [-0.25, -0.2) is 4.79 Å². The van der Waals surface area contributed by atoms with E-state index >= 15 is 0 Å². The van der Waals surface area contributed by atoms with Gasteiger partial charge in [-0.05, 0) is 12.1 Å². The number of aromatic carboxylic acids is 1. The number of carboxylic acid groups (broad SMARTS) is 1. The zero-order valence-corrected chi connectivity index (χ0v) is 9.39. The number of hydrogen-bond acceptors (Lipinski definition) is 4. The van der Waals surface area contributed by atoms with Crippen molar-refractivity contribution in [2.75, 3.05) is 18.9 Å². The zero-order chi connectivity index (χ0) is 12.3. The van der Waals surface area contributed by atoms with Gasteiger partial charge in [-0.15, -0.1) is 0 Å². The van der Waals surface area contributed by atoms with Crippen LogP contribution in [0.4, 0.5) is 5.69 Å². The molecule has 1 saturated heterocycles. The zero-order valence-electron chi connectivity index (χ0n) is 9.39. The molecule has 1 aromatic rings. The summed E-state index contributed by atoms with van der Waals surface area (Å²) in [4.78, 5) is 10.8. The van der Waals surface area contributed by atoms with E-state index in [2.05, 4.69) is 0 Å². The van der Waals surface area contributed by atoms with Gasteiger partial charge in [0.2, 0.25) is 0 Å². The number of carbonyl (C=O) groups is 1. The van der Waals surface area contributed by atoms with Crippen LogP contribution in [-0.2, 0) is 4.74 Å². The number of benzene rings is 1. The molecule has 1 aliphatic rings. The van der Waals surface area contributed by atoms with E-state index < -0.39 is 5.97 Å². The molecule has 17 heavy (non-hydrogen) atoms. The van der Waals surface area contributed by atoms with Crippen LogP contribution in [0.5, 0.6) is 5.75 Å². The summed E-state index contributed by atoms with van der Waals surface area (Å²) >= 11 is 0. The standard InChI is InChI=1S/C12H15NO4/c13-11-7-9(1-2-10(11)12(14)15)17-8-3-5-16-6-4-8/h1-2,7-8H,3-6,13H2,(H,14,15). The van der Waals surface area contributed by atoms with E-state index in [0.29, 0.717) is 19.0 Å². The van der Waals surface area contributed by atoms with Crippen LogP contribution >= 0.6 is 0 Å². The summed E-state index contributed by atoms with van der Waals surface area (Å²) in [6.45, 7) is 1.40. The highest BCUT2D eigenvalue weighted by Crippen LogP contribution is 2.23. The van der Waals surface area contributed by atoms with Crippen molar-refractivity contribution in [3.8, 4) is 5.75 Å². The minimum Gasteiger partial charge on any atom is -0.490 e. The number of ether oxygens (including phenoxy) is 2. The second kappa shape index (κ2) is 5.05. The van der Waals surface area contributed by atoms with Gasteiger partial charge in [0.25, 0.3) is 0 Å². The molecule has 3 N–H and O–H groups in total. The van der Waals surface area contributed by atoms with Crippen molar-refractivity contribution in [2.24, 2.45) is 0 Å². The summed E-state index contributed by atoms with van der Waals surface area (Å²) < 4.78 is 10.9.